The monoisotopic (exact) mass is 337 g/mol. The Kier molecular flexibility index (Phi) is 6.17. The molecule has 0 aliphatic rings. The largest absolute Gasteiger partial charge is 0.418 e. The Morgan fingerprint density at radius 2 is 1.74 bits per heavy atom. The van der Waals surface area contributed by atoms with E-state index in [0.29, 0.717) is 11.9 Å². The van der Waals surface area contributed by atoms with Gasteiger partial charge in [0.25, 0.3) is 0 Å². The van der Waals surface area contributed by atoms with Gasteiger partial charge >= 0.3 is 6.18 Å². The summed E-state index contributed by atoms with van der Waals surface area (Å²) in [6, 6.07) is 5.93. The second-order valence-electron chi connectivity index (χ2n) is 4.37. The summed E-state index contributed by atoms with van der Waals surface area (Å²) in [5.41, 5.74) is -0.272. The van der Waals surface area contributed by atoms with Crippen molar-refractivity contribution in [1.82, 2.24) is 0 Å². The Labute approximate surface area is 120 Å². The third-order valence-electron chi connectivity index (χ3n) is 3.23. The summed E-state index contributed by atoms with van der Waals surface area (Å²) in [7, 11) is 0. The summed E-state index contributed by atoms with van der Waals surface area (Å²) in [4.78, 5) is 1.86. The van der Waals surface area contributed by atoms with E-state index < -0.39 is 11.7 Å². The summed E-state index contributed by atoms with van der Waals surface area (Å²) >= 11 is 3.33. The van der Waals surface area contributed by atoms with Gasteiger partial charge in [0.15, 0.2) is 0 Å². The molecule has 1 rings (SSSR count). The smallest absolute Gasteiger partial charge is 0.367 e. The number of para-hydroxylation sites is 1. The second-order valence-corrected chi connectivity index (χ2v) is 5.16. The molecule has 0 aliphatic carbocycles. The fraction of sp³-hybridized carbons (Fsp3) is 0.571. The molecule has 0 radical (unpaired) electrons. The van der Waals surface area contributed by atoms with E-state index in [1.54, 1.807) is 12.1 Å². The fourth-order valence-electron chi connectivity index (χ4n) is 2.28. The van der Waals surface area contributed by atoms with E-state index in [9.17, 15) is 13.2 Å². The van der Waals surface area contributed by atoms with Crippen molar-refractivity contribution < 1.29 is 13.2 Å². The average molecular weight is 338 g/mol. The zero-order valence-electron chi connectivity index (χ0n) is 11.2. The van der Waals surface area contributed by atoms with Crippen LogP contribution in [0.1, 0.15) is 32.3 Å². The number of alkyl halides is 4. The molecule has 0 atom stereocenters. The van der Waals surface area contributed by atoms with Gasteiger partial charge in [0.2, 0.25) is 0 Å². The van der Waals surface area contributed by atoms with Gasteiger partial charge in [-0.2, -0.15) is 13.2 Å². The first kappa shape index (κ1) is 16.3. The molecule has 0 aliphatic heterocycles. The first-order valence-corrected chi connectivity index (χ1v) is 7.56. The van der Waals surface area contributed by atoms with Crippen LogP contribution < -0.4 is 4.90 Å². The minimum Gasteiger partial charge on any atom is -0.367 e. The average Bonchev–Trinajstić information content (AvgIpc) is 2.38. The maximum atomic E-state index is 13.1. The van der Waals surface area contributed by atoms with E-state index in [1.807, 2.05) is 18.7 Å². The molecule has 1 nitrogen and oxygen atoms in total. The van der Waals surface area contributed by atoms with Crippen LogP contribution in [0, 0.1) is 0 Å². The van der Waals surface area contributed by atoms with Gasteiger partial charge in [-0.15, -0.1) is 0 Å². The highest BCUT2D eigenvalue weighted by Crippen LogP contribution is 2.37. The Morgan fingerprint density at radius 3 is 2.21 bits per heavy atom. The van der Waals surface area contributed by atoms with Crippen LogP contribution in [0.15, 0.2) is 24.3 Å². The number of hydrogen-bond acceptors (Lipinski definition) is 1. The number of benzene rings is 1. The van der Waals surface area contributed by atoms with Crippen molar-refractivity contribution in [3.8, 4) is 0 Å². The van der Waals surface area contributed by atoms with E-state index in [4.69, 9.17) is 0 Å². The summed E-state index contributed by atoms with van der Waals surface area (Å²) < 4.78 is 39.2. The predicted molar refractivity (Wildman–Crippen MR) is 77.0 cm³/mol. The van der Waals surface area contributed by atoms with Gasteiger partial charge < -0.3 is 4.90 Å². The van der Waals surface area contributed by atoms with E-state index in [1.165, 1.54) is 6.07 Å². The molecule has 1 aromatic rings. The third kappa shape index (κ3) is 4.13. The lowest BCUT2D eigenvalue weighted by molar-refractivity contribution is -0.137. The molecule has 108 valence electrons. The molecule has 0 N–H and O–H groups in total. The molecular weight excluding hydrogens is 319 g/mol. The van der Waals surface area contributed by atoms with Crippen LogP contribution in [0.25, 0.3) is 0 Å². The second kappa shape index (κ2) is 7.17. The first-order chi connectivity index (χ1) is 8.95. The first-order valence-electron chi connectivity index (χ1n) is 6.44. The van der Waals surface area contributed by atoms with Gasteiger partial charge in [-0.05, 0) is 25.0 Å². The van der Waals surface area contributed by atoms with Gasteiger partial charge in [-0.1, -0.05) is 41.9 Å². The van der Waals surface area contributed by atoms with Crippen LogP contribution in [-0.4, -0.2) is 17.9 Å². The molecule has 0 saturated heterocycles. The number of halogens is 4. The number of anilines is 1. The molecule has 0 unspecified atom stereocenters. The van der Waals surface area contributed by atoms with Crippen LogP contribution in [0.4, 0.5) is 18.9 Å². The van der Waals surface area contributed by atoms with Crippen molar-refractivity contribution in [3.05, 3.63) is 29.8 Å². The van der Waals surface area contributed by atoms with E-state index in [2.05, 4.69) is 15.9 Å². The standard InChI is InChI=1S/C14H19BrF3N/c1-3-11(4-2)19(10-9-15)13-8-6-5-7-12(13)14(16,17)18/h5-8,11H,3-4,9-10H2,1-2H3. The third-order valence-corrected chi connectivity index (χ3v) is 3.58. The molecule has 0 aromatic heterocycles. The fourth-order valence-corrected chi connectivity index (χ4v) is 2.67. The number of nitrogens with zero attached hydrogens (tertiary/aromatic N) is 1. The van der Waals surface area contributed by atoms with Gasteiger partial charge in [-0.25, -0.2) is 0 Å². The van der Waals surface area contributed by atoms with Crippen LogP contribution >= 0.6 is 15.9 Å². The molecule has 0 spiro atoms. The van der Waals surface area contributed by atoms with Gasteiger partial charge in [0.05, 0.1) is 5.56 Å². The predicted octanol–water partition coefficient (Wildman–Crippen LogP) is 5.10. The molecule has 0 saturated carbocycles. The molecule has 5 heteroatoms. The highest BCUT2D eigenvalue weighted by atomic mass is 79.9. The Balaban J connectivity index is 3.22. The van der Waals surface area contributed by atoms with Crippen molar-refractivity contribution in [2.75, 3.05) is 16.8 Å². The lowest BCUT2D eigenvalue weighted by Gasteiger charge is -2.34. The molecule has 0 bridgehead atoms. The van der Waals surface area contributed by atoms with Crippen molar-refractivity contribution in [1.29, 1.82) is 0 Å². The zero-order valence-corrected chi connectivity index (χ0v) is 12.8. The highest BCUT2D eigenvalue weighted by molar-refractivity contribution is 9.09. The molecule has 0 fully saturated rings. The van der Waals surface area contributed by atoms with Gasteiger partial charge in [0.1, 0.15) is 0 Å². The molecular formula is C14H19BrF3N. The normalized spacial score (nSPS) is 11.9. The van der Waals surface area contributed by atoms with Crippen LogP contribution in [0.2, 0.25) is 0 Å². The van der Waals surface area contributed by atoms with Crippen molar-refractivity contribution >= 4 is 21.6 Å². The quantitative estimate of drug-likeness (QED) is 0.653. The van der Waals surface area contributed by atoms with Crippen molar-refractivity contribution in [2.24, 2.45) is 0 Å². The highest BCUT2D eigenvalue weighted by Gasteiger charge is 2.35. The Bertz CT molecular complexity index is 389. The van der Waals surface area contributed by atoms with Crippen LogP contribution in [0.3, 0.4) is 0 Å². The molecule has 0 heterocycles. The van der Waals surface area contributed by atoms with Crippen LogP contribution in [0.5, 0.6) is 0 Å². The summed E-state index contributed by atoms with van der Waals surface area (Å²) in [5, 5.41) is 0.649. The van der Waals surface area contributed by atoms with Crippen molar-refractivity contribution in [3.63, 3.8) is 0 Å². The lowest BCUT2D eigenvalue weighted by Crippen LogP contribution is -2.37. The Hall–Kier alpha value is -0.710. The van der Waals surface area contributed by atoms with Gasteiger partial charge in [0, 0.05) is 23.6 Å². The number of rotatable bonds is 6. The lowest BCUT2D eigenvalue weighted by atomic mass is 10.1. The summed E-state index contributed by atoms with van der Waals surface area (Å²) in [5.74, 6) is 0. The topological polar surface area (TPSA) is 3.24 Å². The van der Waals surface area contributed by atoms with E-state index in [0.717, 1.165) is 18.9 Å². The maximum Gasteiger partial charge on any atom is 0.418 e. The molecule has 19 heavy (non-hydrogen) atoms. The van der Waals surface area contributed by atoms with Crippen molar-refractivity contribution in [2.45, 2.75) is 38.9 Å². The zero-order chi connectivity index (χ0) is 14.5. The molecule has 0 amide bonds. The SMILES string of the molecule is CCC(CC)N(CCBr)c1ccccc1C(F)(F)F. The number of hydrogen-bond donors (Lipinski definition) is 0. The maximum absolute atomic E-state index is 13.1. The summed E-state index contributed by atoms with van der Waals surface area (Å²) in [6.07, 6.45) is -2.65. The van der Waals surface area contributed by atoms with Crippen LogP contribution in [-0.2, 0) is 6.18 Å². The summed E-state index contributed by atoms with van der Waals surface area (Å²) in [6.45, 7) is 4.58. The minimum atomic E-state index is -4.31. The van der Waals surface area contributed by atoms with E-state index in [-0.39, 0.29) is 11.7 Å². The Morgan fingerprint density at radius 1 is 1.16 bits per heavy atom. The molecule has 1 aromatic carbocycles. The minimum absolute atomic E-state index is 0.126. The van der Waals surface area contributed by atoms with Gasteiger partial charge in [-0.3, -0.25) is 0 Å². The van der Waals surface area contributed by atoms with E-state index >= 15 is 0 Å².